The summed E-state index contributed by atoms with van der Waals surface area (Å²) < 4.78 is 1.50. The topological polar surface area (TPSA) is 62.7 Å². The minimum Gasteiger partial charge on any atom is -0.313 e. The number of hydrogen-bond donors (Lipinski definition) is 2. The average molecular weight is 242 g/mol. The van der Waals surface area contributed by atoms with Crippen LogP contribution < -0.4 is 11.0 Å². The summed E-state index contributed by atoms with van der Waals surface area (Å²) in [5.74, 6) is 0.773. The maximum atomic E-state index is 11.1. The van der Waals surface area contributed by atoms with Gasteiger partial charge in [0.2, 0.25) is 0 Å². The first kappa shape index (κ1) is 13.1. The third-order valence-corrected chi connectivity index (χ3v) is 3.22. The fraction of sp³-hybridized carbons (Fsp3) is 0.600. The standard InChI is InChI=1S/C10H18N4OS/c1-4-5-11-6-8(2)7-16-10-13-12-9(15)14(10)3/h11H,2,4-7H2,1,3H3,(H,12,15). The lowest BCUT2D eigenvalue weighted by atomic mass is 10.3. The lowest BCUT2D eigenvalue weighted by Crippen LogP contribution is -2.18. The number of hydrogen-bond acceptors (Lipinski definition) is 4. The molecule has 0 aliphatic carbocycles. The van der Waals surface area contributed by atoms with E-state index < -0.39 is 0 Å². The summed E-state index contributed by atoms with van der Waals surface area (Å²) in [5, 5.41) is 10.3. The molecule has 1 aromatic rings. The van der Waals surface area contributed by atoms with Gasteiger partial charge in [-0.25, -0.2) is 9.89 Å². The Hall–Kier alpha value is -1.01. The molecule has 0 fully saturated rings. The molecule has 0 aromatic carbocycles. The predicted molar refractivity (Wildman–Crippen MR) is 66.9 cm³/mol. The predicted octanol–water partition coefficient (Wildman–Crippen LogP) is 0.756. The Bertz CT molecular complexity index is 396. The summed E-state index contributed by atoms with van der Waals surface area (Å²) >= 11 is 1.52. The molecule has 2 N–H and O–H groups in total. The molecular weight excluding hydrogens is 224 g/mol. The normalized spacial score (nSPS) is 10.6. The molecule has 1 heterocycles. The zero-order valence-electron chi connectivity index (χ0n) is 9.75. The Morgan fingerprint density at radius 3 is 3.00 bits per heavy atom. The quantitative estimate of drug-likeness (QED) is 0.421. The summed E-state index contributed by atoms with van der Waals surface area (Å²) in [4.78, 5) is 11.1. The maximum absolute atomic E-state index is 11.1. The van der Waals surface area contributed by atoms with Crippen molar-refractivity contribution in [3.8, 4) is 0 Å². The first-order chi connectivity index (χ1) is 7.65. The highest BCUT2D eigenvalue weighted by molar-refractivity contribution is 7.99. The fourth-order valence-corrected chi connectivity index (χ4v) is 1.94. The third-order valence-electron chi connectivity index (χ3n) is 2.05. The number of nitrogens with one attached hydrogen (secondary N) is 2. The van der Waals surface area contributed by atoms with Crippen LogP contribution in [0.5, 0.6) is 0 Å². The molecule has 1 aromatic heterocycles. The second-order valence-corrected chi connectivity index (χ2v) is 4.53. The molecule has 0 aliphatic heterocycles. The van der Waals surface area contributed by atoms with E-state index in [2.05, 4.69) is 29.0 Å². The number of thioether (sulfide) groups is 1. The summed E-state index contributed by atoms with van der Waals surface area (Å²) in [6, 6.07) is 0. The fourth-order valence-electron chi connectivity index (χ4n) is 1.12. The van der Waals surface area contributed by atoms with Gasteiger partial charge in [-0.15, -0.1) is 5.10 Å². The summed E-state index contributed by atoms with van der Waals surface area (Å²) in [5.41, 5.74) is 0.922. The van der Waals surface area contributed by atoms with Gasteiger partial charge in [0.25, 0.3) is 0 Å². The monoisotopic (exact) mass is 242 g/mol. The van der Waals surface area contributed by atoms with Crippen LogP contribution in [0.1, 0.15) is 13.3 Å². The summed E-state index contributed by atoms with van der Waals surface area (Å²) in [7, 11) is 1.70. The Kier molecular flexibility index (Phi) is 5.34. The minimum absolute atomic E-state index is 0.183. The van der Waals surface area contributed by atoms with Crippen LogP contribution in [0.3, 0.4) is 0 Å². The van der Waals surface area contributed by atoms with Crippen molar-refractivity contribution in [2.45, 2.75) is 18.5 Å². The van der Waals surface area contributed by atoms with Gasteiger partial charge in [0, 0.05) is 19.3 Å². The zero-order valence-corrected chi connectivity index (χ0v) is 10.6. The smallest absolute Gasteiger partial charge is 0.313 e. The van der Waals surface area contributed by atoms with Crippen molar-refractivity contribution < 1.29 is 0 Å². The van der Waals surface area contributed by atoms with E-state index in [0.717, 1.165) is 30.8 Å². The Morgan fingerprint density at radius 2 is 2.44 bits per heavy atom. The van der Waals surface area contributed by atoms with Crippen LogP contribution in [0.2, 0.25) is 0 Å². The van der Waals surface area contributed by atoms with E-state index in [4.69, 9.17) is 0 Å². The van der Waals surface area contributed by atoms with Gasteiger partial charge in [-0.05, 0) is 13.0 Å². The van der Waals surface area contributed by atoms with Gasteiger partial charge >= 0.3 is 5.69 Å². The van der Waals surface area contributed by atoms with Gasteiger partial charge in [-0.2, -0.15) is 0 Å². The van der Waals surface area contributed by atoms with Crippen molar-refractivity contribution in [2.24, 2.45) is 7.05 Å². The van der Waals surface area contributed by atoms with Crippen LogP contribution in [0.4, 0.5) is 0 Å². The molecule has 5 nitrogen and oxygen atoms in total. The van der Waals surface area contributed by atoms with Crippen LogP contribution in [0, 0.1) is 0 Å². The van der Waals surface area contributed by atoms with Crippen molar-refractivity contribution in [1.82, 2.24) is 20.1 Å². The van der Waals surface area contributed by atoms with Gasteiger partial charge in [0.05, 0.1) is 0 Å². The molecule has 0 unspecified atom stereocenters. The number of H-pyrrole nitrogens is 1. The highest BCUT2D eigenvalue weighted by Crippen LogP contribution is 2.14. The molecule has 0 amide bonds. The molecule has 0 atom stereocenters. The minimum atomic E-state index is -0.183. The molecule has 0 spiro atoms. The highest BCUT2D eigenvalue weighted by Gasteiger charge is 2.05. The molecule has 0 saturated heterocycles. The molecule has 0 aliphatic rings. The third kappa shape index (κ3) is 3.86. The Labute approximate surface area is 99.3 Å². The first-order valence-corrected chi connectivity index (χ1v) is 6.25. The molecule has 90 valence electrons. The van der Waals surface area contributed by atoms with E-state index in [0.29, 0.717) is 5.16 Å². The van der Waals surface area contributed by atoms with Crippen molar-refractivity contribution in [3.63, 3.8) is 0 Å². The van der Waals surface area contributed by atoms with Crippen molar-refractivity contribution in [1.29, 1.82) is 0 Å². The van der Waals surface area contributed by atoms with Crippen LogP contribution in [-0.4, -0.2) is 33.6 Å². The van der Waals surface area contributed by atoms with Crippen molar-refractivity contribution in [2.75, 3.05) is 18.8 Å². The van der Waals surface area contributed by atoms with E-state index in [-0.39, 0.29) is 5.69 Å². The van der Waals surface area contributed by atoms with Crippen LogP contribution >= 0.6 is 11.8 Å². The number of nitrogens with zero attached hydrogens (tertiary/aromatic N) is 2. The van der Waals surface area contributed by atoms with Crippen molar-refractivity contribution in [3.05, 3.63) is 22.6 Å². The van der Waals surface area contributed by atoms with Crippen LogP contribution in [-0.2, 0) is 7.05 Å². The van der Waals surface area contributed by atoms with Gasteiger partial charge in [0.15, 0.2) is 5.16 Å². The molecule has 0 bridgehead atoms. The Morgan fingerprint density at radius 1 is 1.69 bits per heavy atom. The van der Waals surface area contributed by atoms with E-state index >= 15 is 0 Å². The van der Waals surface area contributed by atoms with E-state index in [1.165, 1.54) is 16.3 Å². The molecule has 0 radical (unpaired) electrons. The second kappa shape index (κ2) is 6.55. The average Bonchev–Trinajstić information content (AvgIpc) is 2.58. The van der Waals surface area contributed by atoms with E-state index in [1.54, 1.807) is 7.05 Å². The lowest BCUT2D eigenvalue weighted by Gasteiger charge is -2.05. The summed E-state index contributed by atoms with van der Waals surface area (Å²) in [6.07, 6.45) is 1.12. The van der Waals surface area contributed by atoms with Crippen LogP contribution in [0.25, 0.3) is 0 Å². The lowest BCUT2D eigenvalue weighted by molar-refractivity contribution is 0.715. The van der Waals surface area contributed by atoms with Gasteiger partial charge in [0.1, 0.15) is 0 Å². The van der Waals surface area contributed by atoms with Gasteiger partial charge in [-0.3, -0.25) is 4.57 Å². The summed E-state index contributed by atoms with van der Waals surface area (Å²) in [6.45, 7) is 7.92. The van der Waals surface area contributed by atoms with Gasteiger partial charge in [-0.1, -0.05) is 30.8 Å². The Balaban J connectivity index is 2.32. The van der Waals surface area contributed by atoms with Gasteiger partial charge < -0.3 is 5.32 Å². The second-order valence-electron chi connectivity index (χ2n) is 3.59. The largest absolute Gasteiger partial charge is 0.343 e. The maximum Gasteiger partial charge on any atom is 0.343 e. The SMILES string of the molecule is C=C(CNCCC)CSc1n[nH]c(=O)n1C. The zero-order chi connectivity index (χ0) is 12.0. The first-order valence-electron chi connectivity index (χ1n) is 5.26. The highest BCUT2D eigenvalue weighted by atomic mass is 32.2. The number of rotatable bonds is 7. The van der Waals surface area contributed by atoms with Crippen LogP contribution in [0.15, 0.2) is 22.1 Å². The van der Waals surface area contributed by atoms with Crippen molar-refractivity contribution >= 4 is 11.8 Å². The molecule has 6 heteroatoms. The van der Waals surface area contributed by atoms with E-state index in [1.807, 2.05) is 0 Å². The molecule has 1 rings (SSSR count). The van der Waals surface area contributed by atoms with E-state index in [9.17, 15) is 4.79 Å². The molecule has 16 heavy (non-hydrogen) atoms. The molecule has 0 saturated carbocycles. The number of aromatic amines is 1. The molecular formula is C10H18N4OS. The number of aromatic nitrogens is 3.